The number of carbonyl (C=O) groups is 1. The van der Waals surface area contributed by atoms with Crippen LogP contribution in [0, 0.1) is 0 Å². The fraction of sp³-hybridized carbons (Fsp3) is 0.800. The predicted molar refractivity (Wildman–Crippen MR) is 33.6 cm³/mol. The number of Topliss-reactive ketones (excluding diaryl/α,β-unsaturated/α-hetero) is 1. The van der Waals surface area contributed by atoms with E-state index in [9.17, 15) is 4.79 Å². The minimum absolute atomic E-state index is 0. The quantitative estimate of drug-likeness (QED) is 0.511. The second-order valence-corrected chi connectivity index (χ2v) is 1.25. The van der Waals surface area contributed by atoms with Crippen molar-refractivity contribution in [1.82, 2.24) is 0 Å². The molecule has 0 amide bonds. The van der Waals surface area contributed by atoms with Crippen molar-refractivity contribution in [3.63, 3.8) is 0 Å². The van der Waals surface area contributed by atoms with E-state index in [1.165, 1.54) is 0 Å². The van der Waals surface area contributed by atoms with E-state index >= 15 is 0 Å². The van der Waals surface area contributed by atoms with Gasteiger partial charge in [-0.3, -0.25) is 4.79 Å². The van der Waals surface area contributed by atoms with E-state index in [-0.39, 0.29) is 40.6 Å². The maximum absolute atomic E-state index is 10.2. The Bertz CT molecular complexity index is 52.9. The van der Waals surface area contributed by atoms with Crippen LogP contribution in [0.3, 0.4) is 0 Å². The molecule has 0 unspecified atom stereocenters. The molecule has 0 aromatic carbocycles. The van der Waals surface area contributed by atoms with Gasteiger partial charge in [0, 0.05) is 12.8 Å². The summed E-state index contributed by atoms with van der Waals surface area (Å²) >= 11 is 0. The van der Waals surface area contributed by atoms with Crippen LogP contribution in [-0.4, -0.2) is 43.5 Å². The Labute approximate surface area is 77.4 Å². The standard InChI is InChI=1S/C5H10O.Ca.2H/c1-3-5(6)4-2;;;/h3-4H2,1-2H3;;;/q;+2;2*-1. The van der Waals surface area contributed by atoms with Crippen molar-refractivity contribution in [3.8, 4) is 0 Å². The van der Waals surface area contributed by atoms with Crippen LogP contribution in [0.15, 0.2) is 0 Å². The summed E-state index contributed by atoms with van der Waals surface area (Å²) in [6.45, 7) is 3.76. The first-order chi connectivity index (χ1) is 2.81. The molecule has 0 aliphatic heterocycles. The van der Waals surface area contributed by atoms with Crippen molar-refractivity contribution >= 4 is 43.5 Å². The molecule has 40 valence electrons. The molecule has 0 aromatic rings. The van der Waals surface area contributed by atoms with E-state index in [4.69, 9.17) is 0 Å². The van der Waals surface area contributed by atoms with Crippen LogP contribution in [0.1, 0.15) is 29.5 Å². The van der Waals surface area contributed by atoms with Crippen molar-refractivity contribution in [2.75, 3.05) is 0 Å². The van der Waals surface area contributed by atoms with E-state index in [0.717, 1.165) is 0 Å². The first-order valence-electron chi connectivity index (χ1n) is 2.33. The molecule has 0 radical (unpaired) electrons. The van der Waals surface area contributed by atoms with Gasteiger partial charge < -0.3 is 2.85 Å². The minimum atomic E-state index is 0. The molecule has 0 saturated heterocycles. The van der Waals surface area contributed by atoms with Gasteiger partial charge in [-0.1, -0.05) is 13.8 Å². The van der Waals surface area contributed by atoms with Gasteiger partial charge in [-0.15, -0.1) is 0 Å². The number of hydrogen-bond acceptors (Lipinski definition) is 1. The zero-order chi connectivity index (χ0) is 4.99. The Hall–Kier alpha value is 0.930. The first kappa shape index (κ1) is 10.8. The molecule has 0 atom stereocenters. The Balaban J connectivity index is -0.0000000417. The van der Waals surface area contributed by atoms with Gasteiger partial charge in [0.25, 0.3) is 0 Å². The molecule has 0 aliphatic rings. The molecule has 0 spiro atoms. The normalized spacial score (nSPS) is 7.14. The molecule has 1 nitrogen and oxygen atoms in total. The van der Waals surface area contributed by atoms with Crippen molar-refractivity contribution in [1.29, 1.82) is 0 Å². The van der Waals surface area contributed by atoms with Crippen LogP contribution in [0.2, 0.25) is 0 Å². The van der Waals surface area contributed by atoms with Crippen LogP contribution in [-0.2, 0) is 4.79 Å². The topological polar surface area (TPSA) is 17.1 Å². The number of ketones is 1. The van der Waals surface area contributed by atoms with Crippen molar-refractivity contribution in [2.24, 2.45) is 0 Å². The van der Waals surface area contributed by atoms with Gasteiger partial charge in [0.05, 0.1) is 0 Å². The molecule has 0 rings (SSSR count). The number of rotatable bonds is 2. The summed E-state index contributed by atoms with van der Waals surface area (Å²) in [6.07, 6.45) is 1.38. The average molecular weight is 128 g/mol. The van der Waals surface area contributed by atoms with Crippen LogP contribution >= 0.6 is 0 Å². The third kappa shape index (κ3) is 6.93. The third-order valence-electron chi connectivity index (χ3n) is 0.789. The molecular weight excluding hydrogens is 116 g/mol. The summed E-state index contributed by atoms with van der Waals surface area (Å²) < 4.78 is 0. The summed E-state index contributed by atoms with van der Waals surface area (Å²) in [4.78, 5) is 10.2. The van der Waals surface area contributed by atoms with Gasteiger partial charge in [-0.25, -0.2) is 0 Å². The van der Waals surface area contributed by atoms with E-state index in [1.54, 1.807) is 0 Å². The zero-order valence-electron chi connectivity index (χ0n) is 7.03. The van der Waals surface area contributed by atoms with Crippen molar-refractivity contribution in [2.45, 2.75) is 26.7 Å². The molecule has 2 heteroatoms. The molecule has 0 aliphatic carbocycles. The van der Waals surface area contributed by atoms with Gasteiger partial charge in [0.15, 0.2) is 0 Å². The van der Waals surface area contributed by atoms with E-state index in [1.807, 2.05) is 13.8 Å². The second-order valence-electron chi connectivity index (χ2n) is 1.25. The van der Waals surface area contributed by atoms with E-state index < -0.39 is 0 Å². The summed E-state index contributed by atoms with van der Waals surface area (Å²) in [5, 5.41) is 0. The predicted octanol–water partition coefficient (Wildman–Crippen LogP) is 1.22. The fourth-order valence-corrected chi connectivity index (χ4v) is 0.250. The Kier molecular flexibility index (Phi) is 10.7. The summed E-state index contributed by atoms with van der Waals surface area (Å²) in [6, 6.07) is 0. The Morgan fingerprint density at radius 3 is 1.71 bits per heavy atom. The van der Waals surface area contributed by atoms with Crippen LogP contribution in [0.5, 0.6) is 0 Å². The van der Waals surface area contributed by atoms with Crippen molar-refractivity contribution in [3.05, 3.63) is 0 Å². The summed E-state index contributed by atoms with van der Waals surface area (Å²) in [5.41, 5.74) is 0. The van der Waals surface area contributed by atoms with Gasteiger partial charge in [0.2, 0.25) is 0 Å². The monoisotopic (exact) mass is 128 g/mol. The van der Waals surface area contributed by atoms with Gasteiger partial charge in [-0.05, 0) is 0 Å². The van der Waals surface area contributed by atoms with Crippen LogP contribution < -0.4 is 0 Å². The summed E-state index contributed by atoms with van der Waals surface area (Å²) in [7, 11) is 0. The molecule has 0 N–H and O–H groups in total. The largest absolute Gasteiger partial charge is 2.00 e. The number of hydrogen-bond donors (Lipinski definition) is 0. The minimum Gasteiger partial charge on any atom is -1.00 e. The van der Waals surface area contributed by atoms with Gasteiger partial charge in [-0.2, -0.15) is 0 Å². The Morgan fingerprint density at radius 2 is 1.71 bits per heavy atom. The zero-order valence-corrected chi connectivity index (χ0v) is 7.24. The van der Waals surface area contributed by atoms with Gasteiger partial charge in [0.1, 0.15) is 5.78 Å². The molecule has 0 fully saturated rings. The third-order valence-corrected chi connectivity index (χ3v) is 0.789. The van der Waals surface area contributed by atoms with Crippen LogP contribution in [0.25, 0.3) is 0 Å². The van der Waals surface area contributed by atoms with Gasteiger partial charge >= 0.3 is 37.7 Å². The average Bonchev–Trinajstić information content (AvgIpc) is 1.65. The first-order valence-corrected chi connectivity index (χ1v) is 2.33. The Morgan fingerprint density at radius 1 is 1.43 bits per heavy atom. The SMILES string of the molecule is CCC(=O)CC.[Ca+2].[H-].[H-]. The molecule has 0 bridgehead atoms. The van der Waals surface area contributed by atoms with E-state index in [2.05, 4.69) is 0 Å². The van der Waals surface area contributed by atoms with E-state index in [0.29, 0.717) is 18.6 Å². The smallest absolute Gasteiger partial charge is 1.00 e. The molecule has 0 saturated carbocycles. The second kappa shape index (κ2) is 6.93. The summed E-state index contributed by atoms with van der Waals surface area (Å²) in [5.74, 6) is 0.343. The molecular formula is C5H12CaO. The van der Waals surface area contributed by atoms with Crippen molar-refractivity contribution < 1.29 is 7.65 Å². The molecule has 7 heavy (non-hydrogen) atoms. The maximum Gasteiger partial charge on any atom is 2.00 e. The fourth-order valence-electron chi connectivity index (χ4n) is 0.250. The van der Waals surface area contributed by atoms with Crippen LogP contribution in [0.4, 0.5) is 0 Å². The molecule has 0 heterocycles. The maximum atomic E-state index is 10.2. The molecule has 0 aromatic heterocycles. The number of carbonyl (C=O) groups excluding carboxylic acids is 1.